The molecule has 3 aromatic rings. The van der Waals surface area contributed by atoms with Crippen LogP contribution in [-0.2, 0) is 6.54 Å². The zero-order valence-electron chi connectivity index (χ0n) is 12.4. The number of fused-ring (bicyclic) bond motifs is 1. The van der Waals surface area contributed by atoms with Gasteiger partial charge >= 0.3 is 0 Å². The second kappa shape index (κ2) is 6.86. The summed E-state index contributed by atoms with van der Waals surface area (Å²) in [6.07, 6.45) is 1.89. The van der Waals surface area contributed by atoms with Crippen molar-refractivity contribution >= 4 is 28.8 Å². The van der Waals surface area contributed by atoms with E-state index >= 15 is 0 Å². The number of ether oxygens (including phenoxy) is 1. The minimum absolute atomic E-state index is 0.157. The molecule has 1 unspecified atom stereocenters. The van der Waals surface area contributed by atoms with E-state index in [1.807, 2.05) is 28.8 Å². The number of benzene rings is 2. The molecule has 0 aliphatic carbocycles. The molecule has 1 aromatic heterocycles. The number of aliphatic hydroxyl groups excluding tert-OH is 1. The Bertz CT molecular complexity index is 811. The lowest BCUT2D eigenvalue weighted by Gasteiger charge is -2.14. The van der Waals surface area contributed by atoms with Crippen molar-refractivity contribution in [1.82, 2.24) is 4.57 Å². The van der Waals surface area contributed by atoms with E-state index in [0.717, 1.165) is 17.2 Å². The van der Waals surface area contributed by atoms with Crippen LogP contribution in [0.5, 0.6) is 5.75 Å². The number of halogens is 1. The van der Waals surface area contributed by atoms with Gasteiger partial charge in [0.05, 0.1) is 6.54 Å². The molecule has 2 aromatic carbocycles. The van der Waals surface area contributed by atoms with Crippen LogP contribution in [-0.4, -0.2) is 28.7 Å². The Kier molecular flexibility index (Phi) is 4.65. The summed E-state index contributed by atoms with van der Waals surface area (Å²) in [5.74, 6) is 0.652. The van der Waals surface area contributed by atoms with Gasteiger partial charge in [0.25, 0.3) is 0 Å². The van der Waals surface area contributed by atoms with Crippen LogP contribution in [0.15, 0.2) is 54.7 Å². The van der Waals surface area contributed by atoms with Crippen LogP contribution in [0.4, 0.5) is 0 Å². The minimum atomic E-state index is -0.694. The molecule has 0 aliphatic rings. The molecule has 0 bridgehead atoms. The van der Waals surface area contributed by atoms with Gasteiger partial charge in [0, 0.05) is 27.7 Å². The van der Waals surface area contributed by atoms with Crippen molar-refractivity contribution in [2.24, 2.45) is 0 Å². The zero-order chi connectivity index (χ0) is 16.2. The minimum Gasteiger partial charge on any atom is -0.491 e. The lowest BCUT2D eigenvalue weighted by molar-refractivity contribution is 0.0934. The maximum absolute atomic E-state index is 11.1. The molecule has 3 rings (SSSR count). The van der Waals surface area contributed by atoms with Crippen molar-refractivity contribution in [3.63, 3.8) is 0 Å². The number of hydrogen-bond donors (Lipinski definition) is 1. The molecule has 0 radical (unpaired) electrons. The molecule has 1 atom stereocenters. The van der Waals surface area contributed by atoms with Crippen LogP contribution in [0, 0.1) is 0 Å². The third-order valence-corrected chi connectivity index (χ3v) is 3.86. The van der Waals surface area contributed by atoms with Crippen LogP contribution in [0.2, 0.25) is 5.02 Å². The topological polar surface area (TPSA) is 51.5 Å². The summed E-state index contributed by atoms with van der Waals surface area (Å²) in [6, 6.07) is 14.6. The van der Waals surface area contributed by atoms with E-state index in [2.05, 4.69) is 0 Å². The smallest absolute Gasteiger partial charge is 0.152 e. The van der Waals surface area contributed by atoms with Crippen molar-refractivity contribution in [1.29, 1.82) is 0 Å². The lowest BCUT2D eigenvalue weighted by atomic mass is 10.2. The first-order chi connectivity index (χ1) is 11.2. The summed E-state index contributed by atoms with van der Waals surface area (Å²) in [7, 11) is 0. The van der Waals surface area contributed by atoms with E-state index in [4.69, 9.17) is 16.3 Å². The van der Waals surface area contributed by atoms with E-state index in [0.29, 0.717) is 22.9 Å². The predicted molar refractivity (Wildman–Crippen MR) is 90.3 cm³/mol. The van der Waals surface area contributed by atoms with Crippen LogP contribution < -0.4 is 4.74 Å². The van der Waals surface area contributed by atoms with Crippen LogP contribution in [0.3, 0.4) is 0 Å². The fourth-order valence-corrected chi connectivity index (χ4v) is 2.65. The van der Waals surface area contributed by atoms with Crippen molar-refractivity contribution in [2.75, 3.05) is 6.61 Å². The number of nitrogens with zero attached hydrogens (tertiary/aromatic N) is 1. The normalized spacial score (nSPS) is 12.3. The summed E-state index contributed by atoms with van der Waals surface area (Å²) in [5.41, 5.74) is 1.53. The summed E-state index contributed by atoms with van der Waals surface area (Å²) in [6.45, 7) is 0.506. The van der Waals surface area contributed by atoms with Crippen LogP contribution >= 0.6 is 11.6 Å². The second-order valence-electron chi connectivity index (χ2n) is 5.29. The molecule has 0 spiro atoms. The number of rotatable bonds is 6. The first kappa shape index (κ1) is 15.6. The first-order valence-electron chi connectivity index (χ1n) is 7.27. The Balaban J connectivity index is 1.69. The van der Waals surface area contributed by atoms with Crippen molar-refractivity contribution in [3.05, 3.63) is 65.3 Å². The largest absolute Gasteiger partial charge is 0.491 e. The van der Waals surface area contributed by atoms with Gasteiger partial charge in [0.2, 0.25) is 0 Å². The summed E-state index contributed by atoms with van der Waals surface area (Å²) < 4.78 is 7.42. The molecule has 23 heavy (non-hydrogen) atoms. The standard InChI is InChI=1S/C18H16ClNO3/c19-14-5-7-16(8-6-14)23-12-15(22)10-20-9-13(11-21)17-3-1-2-4-18(17)20/h1-9,11,15,22H,10,12H2. The van der Waals surface area contributed by atoms with Gasteiger partial charge in [-0.25, -0.2) is 0 Å². The van der Waals surface area contributed by atoms with Gasteiger partial charge in [0.1, 0.15) is 18.5 Å². The highest BCUT2D eigenvalue weighted by atomic mass is 35.5. The third kappa shape index (κ3) is 3.55. The first-order valence-corrected chi connectivity index (χ1v) is 7.64. The van der Waals surface area contributed by atoms with E-state index in [9.17, 15) is 9.90 Å². The van der Waals surface area contributed by atoms with Gasteiger partial charge < -0.3 is 14.4 Å². The number of aliphatic hydroxyl groups is 1. The van der Waals surface area contributed by atoms with Gasteiger partial charge in [-0.1, -0.05) is 29.8 Å². The van der Waals surface area contributed by atoms with Crippen LogP contribution in [0.25, 0.3) is 10.9 Å². The molecule has 0 saturated carbocycles. The molecule has 0 amide bonds. The maximum atomic E-state index is 11.1. The molecule has 1 heterocycles. The average molecular weight is 330 g/mol. The highest BCUT2D eigenvalue weighted by Crippen LogP contribution is 2.20. The molecule has 5 heteroatoms. The number of carbonyl (C=O) groups excluding carboxylic acids is 1. The zero-order valence-corrected chi connectivity index (χ0v) is 13.1. The van der Waals surface area contributed by atoms with Gasteiger partial charge in [-0.15, -0.1) is 0 Å². The Morgan fingerprint density at radius 2 is 1.91 bits per heavy atom. The highest BCUT2D eigenvalue weighted by molar-refractivity contribution is 6.30. The molecule has 1 N–H and O–H groups in total. The molecular formula is C18H16ClNO3. The monoisotopic (exact) mass is 329 g/mol. The number of aromatic nitrogens is 1. The fraction of sp³-hybridized carbons (Fsp3) is 0.167. The number of hydrogen-bond acceptors (Lipinski definition) is 3. The van der Waals surface area contributed by atoms with Crippen molar-refractivity contribution in [2.45, 2.75) is 12.6 Å². The number of aldehydes is 1. The van der Waals surface area contributed by atoms with E-state index in [1.165, 1.54) is 0 Å². The quantitative estimate of drug-likeness (QED) is 0.704. The van der Waals surface area contributed by atoms with Crippen molar-refractivity contribution in [3.8, 4) is 5.75 Å². The van der Waals surface area contributed by atoms with E-state index < -0.39 is 6.10 Å². The van der Waals surface area contributed by atoms with E-state index in [1.54, 1.807) is 30.5 Å². The average Bonchev–Trinajstić information content (AvgIpc) is 2.92. The Morgan fingerprint density at radius 1 is 1.17 bits per heavy atom. The number of carbonyl (C=O) groups is 1. The van der Waals surface area contributed by atoms with Gasteiger partial charge in [-0.3, -0.25) is 4.79 Å². The fourth-order valence-electron chi connectivity index (χ4n) is 2.52. The predicted octanol–water partition coefficient (Wildman–Crippen LogP) is 3.55. The summed E-state index contributed by atoms with van der Waals surface area (Å²) in [5, 5.41) is 11.7. The molecule has 118 valence electrons. The molecule has 0 aliphatic heterocycles. The molecule has 4 nitrogen and oxygen atoms in total. The lowest BCUT2D eigenvalue weighted by Crippen LogP contribution is -2.23. The molecule has 0 fully saturated rings. The summed E-state index contributed by atoms with van der Waals surface area (Å²) >= 11 is 5.82. The Labute approximate surface area is 138 Å². The molecule has 0 saturated heterocycles. The van der Waals surface area contributed by atoms with Gasteiger partial charge in [0.15, 0.2) is 6.29 Å². The molecular weight excluding hydrogens is 314 g/mol. The second-order valence-corrected chi connectivity index (χ2v) is 5.73. The maximum Gasteiger partial charge on any atom is 0.152 e. The summed E-state index contributed by atoms with van der Waals surface area (Å²) in [4.78, 5) is 11.1. The SMILES string of the molecule is O=Cc1cn(CC(O)COc2ccc(Cl)cc2)c2ccccc12. The number of para-hydroxylation sites is 1. The highest BCUT2D eigenvalue weighted by Gasteiger charge is 2.12. The Morgan fingerprint density at radius 3 is 2.65 bits per heavy atom. The van der Waals surface area contributed by atoms with E-state index in [-0.39, 0.29) is 6.61 Å². The van der Waals surface area contributed by atoms with Gasteiger partial charge in [-0.2, -0.15) is 0 Å². The third-order valence-electron chi connectivity index (χ3n) is 3.61. The van der Waals surface area contributed by atoms with Gasteiger partial charge in [-0.05, 0) is 30.3 Å². The Hall–Kier alpha value is -2.30. The van der Waals surface area contributed by atoms with Crippen molar-refractivity contribution < 1.29 is 14.6 Å². The van der Waals surface area contributed by atoms with Crippen LogP contribution in [0.1, 0.15) is 10.4 Å².